The summed E-state index contributed by atoms with van der Waals surface area (Å²) in [6.07, 6.45) is 2.08. The van der Waals surface area contributed by atoms with Crippen molar-refractivity contribution < 1.29 is 14.3 Å². The average Bonchev–Trinajstić information content (AvgIpc) is 3.10. The monoisotopic (exact) mass is 383 g/mol. The fraction of sp³-hybridized carbons (Fsp3) is 0.200. The van der Waals surface area contributed by atoms with Gasteiger partial charge in [-0.3, -0.25) is 4.79 Å². The maximum Gasteiger partial charge on any atom is 0.226 e. The first-order chi connectivity index (χ1) is 13.1. The zero-order valence-electron chi connectivity index (χ0n) is 14.9. The molecular weight excluding hydrogens is 366 g/mol. The van der Waals surface area contributed by atoms with Crippen LogP contribution in [0.4, 0.5) is 5.82 Å². The number of nitrogens with zero attached hydrogens (tertiary/aromatic N) is 2. The van der Waals surface area contributed by atoms with Gasteiger partial charge in [0.1, 0.15) is 17.3 Å². The molecule has 1 atom stereocenters. The van der Waals surface area contributed by atoms with Crippen molar-refractivity contribution in [2.75, 3.05) is 19.5 Å². The van der Waals surface area contributed by atoms with Crippen molar-refractivity contribution >= 4 is 23.3 Å². The second-order valence-electron chi connectivity index (χ2n) is 6.25. The van der Waals surface area contributed by atoms with E-state index in [2.05, 4.69) is 10.4 Å². The van der Waals surface area contributed by atoms with Crippen molar-refractivity contribution in [1.29, 1.82) is 0 Å². The molecule has 0 radical (unpaired) electrons. The molecule has 3 aromatic rings. The number of aromatic nitrogens is 2. The number of methoxy groups -OCH3 is 2. The Morgan fingerprint density at radius 3 is 2.74 bits per heavy atom. The lowest BCUT2D eigenvalue weighted by Crippen LogP contribution is -2.24. The van der Waals surface area contributed by atoms with Crippen molar-refractivity contribution in [3.05, 3.63) is 64.8 Å². The van der Waals surface area contributed by atoms with E-state index in [0.717, 1.165) is 16.8 Å². The first kappa shape index (κ1) is 17.4. The predicted molar refractivity (Wildman–Crippen MR) is 103 cm³/mol. The normalized spacial score (nSPS) is 15.8. The van der Waals surface area contributed by atoms with Crippen LogP contribution in [-0.4, -0.2) is 29.9 Å². The predicted octanol–water partition coefficient (Wildman–Crippen LogP) is 4.02. The van der Waals surface area contributed by atoms with E-state index in [-0.39, 0.29) is 11.8 Å². The van der Waals surface area contributed by atoms with Crippen LogP contribution in [0.2, 0.25) is 5.02 Å². The Balaban J connectivity index is 1.85. The van der Waals surface area contributed by atoms with Crippen LogP contribution in [0.25, 0.3) is 5.69 Å². The molecule has 1 N–H and O–H groups in total. The first-order valence-corrected chi connectivity index (χ1v) is 8.84. The molecule has 1 aliphatic heterocycles. The van der Waals surface area contributed by atoms with Crippen molar-refractivity contribution in [3.63, 3.8) is 0 Å². The van der Waals surface area contributed by atoms with E-state index < -0.39 is 0 Å². The number of rotatable bonds is 4. The van der Waals surface area contributed by atoms with Crippen LogP contribution in [0, 0.1) is 0 Å². The minimum Gasteiger partial charge on any atom is -0.497 e. The van der Waals surface area contributed by atoms with Crippen LogP contribution in [0.1, 0.15) is 23.5 Å². The van der Waals surface area contributed by atoms with Gasteiger partial charge in [0.15, 0.2) is 0 Å². The van der Waals surface area contributed by atoms with Crippen molar-refractivity contribution in [2.24, 2.45) is 0 Å². The Morgan fingerprint density at radius 1 is 1.15 bits per heavy atom. The van der Waals surface area contributed by atoms with E-state index >= 15 is 0 Å². The van der Waals surface area contributed by atoms with Gasteiger partial charge in [-0.15, -0.1) is 0 Å². The highest BCUT2D eigenvalue weighted by Crippen LogP contribution is 2.42. The van der Waals surface area contributed by atoms with Gasteiger partial charge in [-0.1, -0.05) is 17.7 Å². The van der Waals surface area contributed by atoms with Gasteiger partial charge in [0.2, 0.25) is 5.91 Å². The van der Waals surface area contributed by atoms with Crippen molar-refractivity contribution in [3.8, 4) is 17.2 Å². The molecule has 2 heterocycles. The van der Waals surface area contributed by atoms with Gasteiger partial charge in [-0.25, -0.2) is 4.68 Å². The highest BCUT2D eigenvalue weighted by atomic mass is 35.5. The van der Waals surface area contributed by atoms with Crippen molar-refractivity contribution in [1.82, 2.24) is 9.78 Å². The summed E-state index contributed by atoms with van der Waals surface area (Å²) in [6, 6.07) is 12.9. The second-order valence-corrected chi connectivity index (χ2v) is 6.69. The molecule has 7 heteroatoms. The van der Waals surface area contributed by atoms with Crippen LogP contribution in [0.3, 0.4) is 0 Å². The number of hydrogen-bond acceptors (Lipinski definition) is 4. The summed E-state index contributed by atoms with van der Waals surface area (Å²) in [7, 11) is 3.23. The molecule has 1 amide bonds. The molecule has 0 aliphatic carbocycles. The van der Waals surface area contributed by atoms with Crippen LogP contribution < -0.4 is 14.8 Å². The SMILES string of the molecule is COc1ccc(OC)c([C@H]2CC(=O)Nc3c2cnn3-c2cccc(Cl)c2)c1. The van der Waals surface area contributed by atoms with Gasteiger partial charge >= 0.3 is 0 Å². The zero-order valence-corrected chi connectivity index (χ0v) is 15.7. The standard InChI is InChI=1S/C20H18ClN3O3/c1-26-14-6-7-18(27-2)16(9-14)15-10-19(25)23-20-17(15)11-22-24(20)13-5-3-4-12(21)8-13/h3-9,11,15H,10H2,1-2H3,(H,23,25)/t15-/m1/s1. The molecule has 0 spiro atoms. The van der Waals surface area contributed by atoms with Gasteiger partial charge in [0.25, 0.3) is 0 Å². The highest BCUT2D eigenvalue weighted by molar-refractivity contribution is 6.30. The highest BCUT2D eigenvalue weighted by Gasteiger charge is 2.32. The van der Waals surface area contributed by atoms with E-state index in [9.17, 15) is 4.79 Å². The third-order valence-corrected chi connectivity index (χ3v) is 4.92. The molecule has 0 bridgehead atoms. The molecule has 4 rings (SSSR count). The Bertz CT molecular complexity index is 1020. The Kier molecular flexibility index (Phi) is 4.49. The number of anilines is 1. The number of carbonyl (C=O) groups is 1. The lowest BCUT2D eigenvalue weighted by molar-refractivity contribution is -0.116. The quantitative estimate of drug-likeness (QED) is 0.739. The molecule has 0 fully saturated rings. The summed E-state index contributed by atoms with van der Waals surface area (Å²) >= 11 is 6.11. The molecule has 0 saturated carbocycles. The molecule has 1 aromatic heterocycles. The van der Waals surface area contributed by atoms with Crippen LogP contribution in [0.5, 0.6) is 11.5 Å². The van der Waals surface area contributed by atoms with Gasteiger partial charge in [0.05, 0.1) is 26.1 Å². The minimum absolute atomic E-state index is 0.0823. The van der Waals surface area contributed by atoms with E-state index in [1.54, 1.807) is 37.2 Å². The van der Waals surface area contributed by atoms with E-state index in [1.807, 2.05) is 30.3 Å². The third kappa shape index (κ3) is 3.13. The summed E-state index contributed by atoms with van der Waals surface area (Å²) in [4.78, 5) is 12.5. The summed E-state index contributed by atoms with van der Waals surface area (Å²) in [6.45, 7) is 0. The summed E-state index contributed by atoms with van der Waals surface area (Å²) < 4.78 is 12.6. The van der Waals surface area contributed by atoms with E-state index in [4.69, 9.17) is 21.1 Å². The topological polar surface area (TPSA) is 65.4 Å². The zero-order chi connectivity index (χ0) is 19.0. The fourth-order valence-corrected chi connectivity index (χ4v) is 3.60. The van der Waals surface area contributed by atoms with Gasteiger partial charge < -0.3 is 14.8 Å². The Labute approximate surface area is 161 Å². The molecule has 0 unspecified atom stereocenters. The van der Waals surface area contributed by atoms with Crippen molar-refractivity contribution in [2.45, 2.75) is 12.3 Å². The summed E-state index contributed by atoms with van der Waals surface area (Å²) in [5, 5.41) is 8.03. The molecule has 138 valence electrons. The maximum atomic E-state index is 12.5. The number of hydrogen-bond donors (Lipinski definition) is 1. The van der Waals surface area contributed by atoms with Crippen LogP contribution in [0.15, 0.2) is 48.7 Å². The third-order valence-electron chi connectivity index (χ3n) is 4.69. The Morgan fingerprint density at radius 2 is 2.00 bits per heavy atom. The smallest absolute Gasteiger partial charge is 0.226 e. The number of fused-ring (bicyclic) bond motifs is 1. The summed E-state index contributed by atoms with van der Waals surface area (Å²) in [5.41, 5.74) is 2.59. The number of benzene rings is 2. The first-order valence-electron chi connectivity index (χ1n) is 8.46. The van der Waals surface area contributed by atoms with E-state index in [1.165, 1.54) is 0 Å². The van der Waals surface area contributed by atoms with E-state index in [0.29, 0.717) is 28.8 Å². The largest absolute Gasteiger partial charge is 0.497 e. The second kappa shape index (κ2) is 6.96. The van der Waals surface area contributed by atoms with Gasteiger partial charge in [-0.2, -0.15) is 5.10 Å². The molecule has 2 aromatic carbocycles. The lowest BCUT2D eigenvalue weighted by atomic mass is 9.86. The maximum absolute atomic E-state index is 12.5. The van der Waals surface area contributed by atoms with Crippen LogP contribution >= 0.6 is 11.6 Å². The number of amides is 1. The molecule has 6 nitrogen and oxygen atoms in total. The van der Waals surface area contributed by atoms with Crippen LogP contribution in [-0.2, 0) is 4.79 Å². The molecular formula is C20H18ClN3O3. The molecule has 27 heavy (non-hydrogen) atoms. The summed E-state index contributed by atoms with van der Waals surface area (Å²) in [5.74, 6) is 1.79. The minimum atomic E-state index is -0.188. The molecule has 1 aliphatic rings. The van der Waals surface area contributed by atoms with Gasteiger partial charge in [-0.05, 0) is 36.4 Å². The van der Waals surface area contributed by atoms with Gasteiger partial charge in [0, 0.05) is 28.5 Å². The number of nitrogens with one attached hydrogen (secondary N) is 1. The lowest BCUT2D eigenvalue weighted by Gasteiger charge is -2.25. The Hall–Kier alpha value is -2.99. The fourth-order valence-electron chi connectivity index (χ4n) is 3.41. The number of halogens is 1. The number of ether oxygens (including phenoxy) is 2. The number of carbonyl (C=O) groups excluding carboxylic acids is 1. The average molecular weight is 384 g/mol. The molecule has 0 saturated heterocycles.